The SMILES string of the molecule is Cc1cccc(C)c1NC(=O)CN1CCN(C(=O)CCNC(=O)N(C)Cc2ccccc2)CC1. The van der Waals surface area contributed by atoms with Crippen LogP contribution in [0.25, 0.3) is 0 Å². The van der Waals surface area contributed by atoms with Gasteiger partial charge in [0.05, 0.1) is 6.54 Å². The number of anilines is 1. The molecule has 34 heavy (non-hydrogen) atoms. The number of hydrogen-bond donors (Lipinski definition) is 2. The summed E-state index contributed by atoms with van der Waals surface area (Å²) in [5.41, 5.74) is 4.01. The van der Waals surface area contributed by atoms with Gasteiger partial charge >= 0.3 is 6.03 Å². The molecular weight excluding hydrogens is 430 g/mol. The Morgan fingerprint density at radius 2 is 1.56 bits per heavy atom. The molecule has 1 aliphatic heterocycles. The van der Waals surface area contributed by atoms with Crippen LogP contribution >= 0.6 is 0 Å². The molecule has 1 aliphatic rings. The molecule has 0 spiro atoms. The number of urea groups is 1. The molecule has 0 aliphatic carbocycles. The predicted octanol–water partition coefficient (Wildman–Crippen LogP) is 2.62. The van der Waals surface area contributed by atoms with Crippen molar-refractivity contribution in [2.45, 2.75) is 26.8 Å². The highest BCUT2D eigenvalue weighted by Gasteiger charge is 2.22. The van der Waals surface area contributed by atoms with Crippen LogP contribution in [0.3, 0.4) is 0 Å². The molecule has 2 aromatic rings. The summed E-state index contributed by atoms with van der Waals surface area (Å²) >= 11 is 0. The first kappa shape index (κ1) is 25.2. The van der Waals surface area contributed by atoms with E-state index in [0.717, 1.165) is 22.4 Å². The van der Waals surface area contributed by atoms with Gasteiger partial charge < -0.3 is 20.4 Å². The molecule has 2 aromatic carbocycles. The summed E-state index contributed by atoms with van der Waals surface area (Å²) in [6.45, 7) is 7.55. The number of aryl methyl sites for hydroxylation is 2. The Hall–Kier alpha value is -3.39. The van der Waals surface area contributed by atoms with Gasteiger partial charge in [-0.2, -0.15) is 0 Å². The molecule has 8 heteroatoms. The van der Waals surface area contributed by atoms with Crippen molar-refractivity contribution < 1.29 is 14.4 Å². The van der Waals surface area contributed by atoms with E-state index in [2.05, 4.69) is 15.5 Å². The lowest BCUT2D eigenvalue weighted by molar-refractivity contribution is -0.132. The normalized spacial score (nSPS) is 13.9. The second-order valence-corrected chi connectivity index (χ2v) is 8.80. The highest BCUT2D eigenvalue weighted by Crippen LogP contribution is 2.19. The Bertz CT molecular complexity index is 967. The Kier molecular flexibility index (Phi) is 9.04. The van der Waals surface area contributed by atoms with E-state index in [9.17, 15) is 14.4 Å². The van der Waals surface area contributed by atoms with Crippen LogP contribution in [0, 0.1) is 13.8 Å². The summed E-state index contributed by atoms with van der Waals surface area (Å²) in [7, 11) is 1.74. The van der Waals surface area contributed by atoms with Crippen LogP contribution in [0.15, 0.2) is 48.5 Å². The molecule has 3 rings (SSSR count). The van der Waals surface area contributed by atoms with Crippen molar-refractivity contribution in [1.82, 2.24) is 20.0 Å². The summed E-state index contributed by atoms with van der Waals surface area (Å²) in [5.74, 6) is -0.0230. The van der Waals surface area contributed by atoms with Gasteiger partial charge in [-0.3, -0.25) is 14.5 Å². The molecule has 0 radical (unpaired) electrons. The van der Waals surface area contributed by atoms with Gasteiger partial charge in [-0.25, -0.2) is 4.79 Å². The molecule has 0 saturated carbocycles. The van der Waals surface area contributed by atoms with E-state index in [-0.39, 0.29) is 24.3 Å². The Morgan fingerprint density at radius 1 is 0.912 bits per heavy atom. The zero-order valence-corrected chi connectivity index (χ0v) is 20.3. The first-order valence-corrected chi connectivity index (χ1v) is 11.7. The van der Waals surface area contributed by atoms with Crippen molar-refractivity contribution in [1.29, 1.82) is 0 Å². The van der Waals surface area contributed by atoms with Crippen LogP contribution in [0.2, 0.25) is 0 Å². The molecular formula is C26H35N5O3. The number of amides is 4. The van der Waals surface area contributed by atoms with Crippen molar-refractivity contribution in [2.75, 3.05) is 51.6 Å². The van der Waals surface area contributed by atoms with Gasteiger partial charge in [0.1, 0.15) is 0 Å². The van der Waals surface area contributed by atoms with E-state index in [1.54, 1.807) is 16.8 Å². The molecule has 1 fully saturated rings. The third-order valence-corrected chi connectivity index (χ3v) is 6.06. The Labute approximate surface area is 201 Å². The Balaban J connectivity index is 1.34. The van der Waals surface area contributed by atoms with Gasteiger partial charge in [-0.15, -0.1) is 0 Å². The van der Waals surface area contributed by atoms with Crippen molar-refractivity contribution >= 4 is 23.5 Å². The number of nitrogens with zero attached hydrogens (tertiary/aromatic N) is 3. The molecule has 8 nitrogen and oxygen atoms in total. The molecule has 182 valence electrons. The van der Waals surface area contributed by atoms with Gasteiger partial charge in [0.2, 0.25) is 11.8 Å². The molecule has 1 saturated heterocycles. The van der Waals surface area contributed by atoms with Crippen LogP contribution in [-0.2, 0) is 16.1 Å². The number of nitrogens with one attached hydrogen (secondary N) is 2. The van der Waals surface area contributed by atoms with E-state index in [1.807, 2.05) is 62.4 Å². The van der Waals surface area contributed by atoms with E-state index in [4.69, 9.17) is 0 Å². The van der Waals surface area contributed by atoms with Gasteiger partial charge in [-0.1, -0.05) is 48.5 Å². The third-order valence-electron chi connectivity index (χ3n) is 6.06. The lowest BCUT2D eigenvalue weighted by Gasteiger charge is -2.34. The number of carbonyl (C=O) groups is 3. The first-order valence-electron chi connectivity index (χ1n) is 11.7. The average molecular weight is 466 g/mol. The van der Waals surface area contributed by atoms with E-state index in [0.29, 0.717) is 45.8 Å². The number of hydrogen-bond acceptors (Lipinski definition) is 4. The fourth-order valence-corrected chi connectivity index (χ4v) is 4.05. The number of carbonyl (C=O) groups excluding carboxylic acids is 3. The standard InChI is InChI=1S/C26H35N5O3/c1-20-8-7-9-21(2)25(20)28-23(32)19-30-14-16-31(17-15-30)24(33)12-13-27-26(34)29(3)18-22-10-5-4-6-11-22/h4-11H,12-19H2,1-3H3,(H,27,34)(H,28,32). The van der Waals surface area contributed by atoms with Gasteiger partial charge in [0.15, 0.2) is 0 Å². The zero-order valence-electron chi connectivity index (χ0n) is 20.3. The van der Waals surface area contributed by atoms with Gasteiger partial charge in [0.25, 0.3) is 0 Å². The summed E-state index contributed by atoms with van der Waals surface area (Å²) in [4.78, 5) is 42.8. The third kappa shape index (κ3) is 7.31. The minimum absolute atomic E-state index is 0.0191. The van der Waals surface area contributed by atoms with Crippen LogP contribution in [0.5, 0.6) is 0 Å². The minimum Gasteiger partial charge on any atom is -0.340 e. The summed E-state index contributed by atoms with van der Waals surface area (Å²) in [6, 6.07) is 15.5. The van der Waals surface area contributed by atoms with Crippen LogP contribution < -0.4 is 10.6 Å². The summed E-state index contributed by atoms with van der Waals surface area (Å²) < 4.78 is 0. The van der Waals surface area contributed by atoms with E-state index < -0.39 is 0 Å². The predicted molar refractivity (Wildman–Crippen MR) is 133 cm³/mol. The van der Waals surface area contributed by atoms with Crippen molar-refractivity contribution in [3.05, 3.63) is 65.2 Å². The molecule has 0 bridgehead atoms. The lowest BCUT2D eigenvalue weighted by Crippen LogP contribution is -2.51. The monoisotopic (exact) mass is 465 g/mol. The maximum Gasteiger partial charge on any atom is 0.317 e. The average Bonchev–Trinajstić information content (AvgIpc) is 2.82. The maximum absolute atomic E-state index is 12.5. The van der Waals surface area contributed by atoms with Crippen molar-refractivity contribution in [3.63, 3.8) is 0 Å². The molecule has 1 heterocycles. The van der Waals surface area contributed by atoms with Crippen LogP contribution in [0.1, 0.15) is 23.1 Å². The van der Waals surface area contributed by atoms with Crippen molar-refractivity contribution in [3.8, 4) is 0 Å². The fraction of sp³-hybridized carbons (Fsp3) is 0.423. The number of para-hydroxylation sites is 1. The highest BCUT2D eigenvalue weighted by atomic mass is 16.2. The smallest absolute Gasteiger partial charge is 0.317 e. The fourth-order valence-electron chi connectivity index (χ4n) is 4.05. The van der Waals surface area contributed by atoms with Gasteiger partial charge in [0, 0.05) is 58.4 Å². The molecule has 2 N–H and O–H groups in total. The summed E-state index contributed by atoms with van der Waals surface area (Å²) in [6.07, 6.45) is 0.262. The van der Waals surface area contributed by atoms with E-state index in [1.165, 1.54) is 0 Å². The van der Waals surface area contributed by atoms with Crippen LogP contribution in [0.4, 0.5) is 10.5 Å². The maximum atomic E-state index is 12.5. The quantitative estimate of drug-likeness (QED) is 0.628. The van der Waals surface area contributed by atoms with Crippen molar-refractivity contribution in [2.24, 2.45) is 0 Å². The topological polar surface area (TPSA) is 85.0 Å². The molecule has 0 atom stereocenters. The second kappa shape index (κ2) is 12.2. The number of rotatable bonds is 8. The largest absolute Gasteiger partial charge is 0.340 e. The summed E-state index contributed by atoms with van der Waals surface area (Å²) in [5, 5.41) is 5.83. The second-order valence-electron chi connectivity index (χ2n) is 8.80. The molecule has 0 aromatic heterocycles. The molecule has 4 amide bonds. The van der Waals surface area contributed by atoms with E-state index >= 15 is 0 Å². The van der Waals surface area contributed by atoms with Crippen LogP contribution in [-0.4, -0.2) is 78.9 Å². The minimum atomic E-state index is -0.198. The molecule has 0 unspecified atom stereocenters. The zero-order chi connectivity index (χ0) is 24.5. The first-order chi connectivity index (χ1) is 16.3. The van der Waals surface area contributed by atoms with Gasteiger partial charge in [-0.05, 0) is 30.5 Å². The number of piperazine rings is 1. The highest BCUT2D eigenvalue weighted by molar-refractivity contribution is 5.93. The number of benzene rings is 2. The lowest BCUT2D eigenvalue weighted by atomic mass is 10.1. The Morgan fingerprint density at radius 3 is 2.21 bits per heavy atom.